The van der Waals surface area contributed by atoms with Gasteiger partial charge in [0.05, 0.1) is 10.9 Å². The monoisotopic (exact) mass is 480 g/mol. The van der Waals surface area contributed by atoms with Crippen LogP contribution in [0.4, 0.5) is 14.5 Å². The normalized spacial score (nSPS) is 13.4. The Morgan fingerprint density at radius 3 is 2.79 bits per heavy atom. The molecule has 0 atom stereocenters. The number of nitrogens with zero attached hydrogens (tertiary/aromatic N) is 4. The van der Waals surface area contributed by atoms with Crippen molar-refractivity contribution in [2.45, 2.75) is 39.0 Å². The molecule has 174 valence electrons. The summed E-state index contributed by atoms with van der Waals surface area (Å²) >= 11 is 1.18. The van der Waals surface area contributed by atoms with E-state index in [2.05, 4.69) is 29.9 Å². The zero-order valence-corrected chi connectivity index (χ0v) is 19.5. The van der Waals surface area contributed by atoms with Gasteiger partial charge in [-0.3, -0.25) is 9.89 Å². The topological polar surface area (TPSA) is 96.5 Å². The second-order valence-electron chi connectivity index (χ2n) is 8.26. The molecule has 3 heterocycles. The van der Waals surface area contributed by atoms with Crippen LogP contribution in [-0.4, -0.2) is 36.7 Å². The molecule has 1 aliphatic rings. The first-order chi connectivity index (χ1) is 16.5. The van der Waals surface area contributed by atoms with Gasteiger partial charge >= 0.3 is 0 Å². The molecule has 34 heavy (non-hydrogen) atoms. The molecule has 1 fully saturated rings. The van der Waals surface area contributed by atoms with Crippen LogP contribution in [0.3, 0.4) is 0 Å². The van der Waals surface area contributed by atoms with E-state index in [0.717, 1.165) is 54.0 Å². The van der Waals surface area contributed by atoms with Gasteiger partial charge in [-0.05, 0) is 44.4 Å². The van der Waals surface area contributed by atoms with Crippen LogP contribution < -0.4 is 4.72 Å². The molecule has 1 saturated carbocycles. The Labute approximate surface area is 198 Å². The first kappa shape index (κ1) is 22.4. The number of carbonyl (C=O) groups is 1. The van der Waals surface area contributed by atoms with E-state index in [4.69, 9.17) is 0 Å². The van der Waals surface area contributed by atoms with Crippen LogP contribution in [0.25, 0.3) is 22.2 Å². The van der Waals surface area contributed by atoms with Crippen LogP contribution in [0.15, 0.2) is 30.6 Å². The second kappa shape index (κ2) is 9.09. The predicted octanol–water partition coefficient (Wildman–Crippen LogP) is 5.58. The number of rotatable bonds is 8. The largest absolute Gasteiger partial charge is 0.325 e. The molecule has 0 spiro atoms. The SMILES string of the molecule is CCCSNc1c(F)ccc(C(=O)c2[nH]nc3ncc(-c4cnc(C5CC5)nc4C)cc23)c1F. The molecule has 0 unspecified atom stereocenters. The van der Waals surface area contributed by atoms with Gasteiger partial charge in [-0.1, -0.05) is 18.9 Å². The number of hydrogen-bond acceptors (Lipinski definition) is 7. The molecule has 0 aliphatic heterocycles. The second-order valence-corrected chi connectivity index (χ2v) is 9.16. The fourth-order valence-corrected chi connectivity index (χ4v) is 4.35. The Hall–Kier alpha value is -3.40. The lowest BCUT2D eigenvalue weighted by Crippen LogP contribution is -2.08. The number of hydrogen-bond donors (Lipinski definition) is 2. The van der Waals surface area contributed by atoms with Gasteiger partial charge in [0.25, 0.3) is 0 Å². The molecule has 5 rings (SSSR count). The van der Waals surface area contributed by atoms with Crippen LogP contribution >= 0.6 is 11.9 Å². The van der Waals surface area contributed by atoms with Gasteiger partial charge in [-0.2, -0.15) is 5.10 Å². The Bertz CT molecular complexity index is 1400. The van der Waals surface area contributed by atoms with E-state index in [1.807, 2.05) is 13.8 Å². The zero-order chi connectivity index (χ0) is 23.8. The number of pyridine rings is 1. The summed E-state index contributed by atoms with van der Waals surface area (Å²) in [5.74, 6) is -0.387. The molecule has 4 aromatic rings. The van der Waals surface area contributed by atoms with Gasteiger partial charge < -0.3 is 4.72 Å². The van der Waals surface area contributed by atoms with Crippen molar-refractivity contribution in [2.24, 2.45) is 0 Å². The predicted molar refractivity (Wildman–Crippen MR) is 128 cm³/mol. The van der Waals surface area contributed by atoms with Crippen LogP contribution in [-0.2, 0) is 0 Å². The van der Waals surface area contributed by atoms with Crippen molar-refractivity contribution >= 4 is 34.5 Å². The number of benzene rings is 1. The van der Waals surface area contributed by atoms with E-state index < -0.39 is 17.4 Å². The van der Waals surface area contributed by atoms with Crippen molar-refractivity contribution in [1.82, 2.24) is 25.1 Å². The van der Waals surface area contributed by atoms with E-state index in [1.54, 1.807) is 18.5 Å². The molecular weight excluding hydrogens is 458 g/mol. The number of aromatic amines is 1. The highest BCUT2D eigenvalue weighted by molar-refractivity contribution is 8.00. The average molecular weight is 481 g/mol. The summed E-state index contributed by atoms with van der Waals surface area (Å²) in [6.07, 6.45) is 6.47. The highest BCUT2D eigenvalue weighted by atomic mass is 32.2. The zero-order valence-electron chi connectivity index (χ0n) is 18.7. The highest BCUT2D eigenvalue weighted by Crippen LogP contribution is 2.38. The Morgan fingerprint density at radius 2 is 2.06 bits per heavy atom. The molecule has 0 radical (unpaired) electrons. The third-order valence-electron chi connectivity index (χ3n) is 5.70. The van der Waals surface area contributed by atoms with Gasteiger partial charge in [0.2, 0.25) is 5.78 Å². The Balaban J connectivity index is 1.51. The molecule has 1 aromatic carbocycles. The lowest BCUT2D eigenvalue weighted by Gasteiger charge is -2.10. The maximum atomic E-state index is 15.1. The van der Waals surface area contributed by atoms with Gasteiger partial charge in [-0.25, -0.2) is 23.7 Å². The van der Waals surface area contributed by atoms with Gasteiger partial charge in [0.15, 0.2) is 11.5 Å². The van der Waals surface area contributed by atoms with Crippen molar-refractivity contribution in [3.8, 4) is 11.1 Å². The molecule has 3 aromatic heterocycles. The fraction of sp³-hybridized carbons (Fsp3) is 0.292. The van der Waals surface area contributed by atoms with E-state index in [1.165, 1.54) is 11.9 Å². The number of nitrogens with one attached hydrogen (secondary N) is 2. The number of H-pyrrole nitrogens is 1. The van der Waals surface area contributed by atoms with Crippen LogP contribution in [0.2, 0.25) is 0 Å². The number of carbonyl (C=O) groups excluding carboxylic acids is 1. The first-order valence-electron chi connectivity index (χ1n) is 11.1. The summed E-state index contributed by atoms with van der Waals surface area (Å²) in [5, 5.41) is 7.20. The number of anilines is 1. The summed E-state index contributed by atoms with van der Waals surface area (Å²) in [7, 11) is 0. The van der Waals surface area contributed by atoms with E-state index in [0.29, 0.717) is 22.7 Å². The first-order valence-corrected chi connectivity index (χ1v) is 12.0. The van der Waals surface area contributed by atoms with Crippen LogP contribution in [0.5, 0.6) is 0 Å². The molecule has 0 saturated heterocycles. The van der Waals surface area contributed by atoms with Crippen molar-refractivity contribution < 1.29 is 13.6 Å². The highest BCUT2D eigenvalue weighted by Gasteiger charge is 2.27. The standard InChI is InChI=1S/C24H22F2N6OS/c1-3-8-34-32-21-18(25)7-6-15(19(21)26)22(33)20-16-9-14(10-27-24(16)31-30-20)17-11-28-23(13-4-5-13)29-12(17)2/h6-7,9-11,13,32H,3-5,8H2,1-2H3,(H,27,30,31). The van der Waals surface area contributed by atoms with Gasteiger partial charge in [0, 0.05) is 40.9 Å². The molecule has 1 aliphatic carbocycles. The summed E-state index contributed by atoms with van der Waals surface area (Å²) in [5.41, 5.74) is 2.14. The molecule has 0 bridgehead atoms. The smallest absolute Gasteiger partial charge is 0.214 e. The third-order valence-corrected chi connectivity index (χ3v) is 6.67. The third kappa shape index (κ3) is 4.13. The van der Waals surface area contributed by atoms with Crippen LogP contribution in [0.1, 0.15) is 59.7 Å². The summed E-state index contributed by atoms with van der Waals surface area (Å²) in [4.78, 5) is 26.7. The van der Waals surface area contributed by atoms with Crippen molar-refractivity contribution in [1.29, 1.82) is 0 Å². The fourth-order valence-electron chi connectivity index (χ4n) is 3.71. The quantitative estimate of drug-likeness (QED) is 0.193. The Kier molecular flexibility index (Phi) is 5.99. The number of fused-ring (bicyclic) bond motifs is 1. The van der Waals surface area contributed by atoms with Crippen molar-refractivity contribution in [3.05, 3.63) is 65.0 Å². The maximum Gasteiger partial charge on any atom is 0.214 e. The van der Waals surface area contributed by atoms with E-state index >= 15 is 4.39 Å². The van der Waals surface area contributed by atoms with Crippen molar-refractivity contribution in [2.75, 3.05) is 10.5 Å². The minimum absolute atomic E-state index is 0.0789. The number of ketones is 1. The van der Waals surface area contributed by atoms with Gasteiger partial charge in [0.1, 0.15) is 23.0 Å². The average Bonchev–Trinajstić information content (AvgIpc) is 3.60. The summed E-state index contributed by atoms with van der Waals surface area (Å²) in [6, 6.07) is 3.98. The van der Waals surface area contributed by atoms with E-state index in [-0.39, 0.29) is 16.9 Å². The number of aromatic nitrogens is 5. The summed E-state index contributed by atoms with van der Waals surface area (Å²) in [6.45, 7) is 3.87. The number of aryl methyl sites for hydroxylation is 1. The molecule has 10 heteroatoms. The minimum Gasteiger partial charge on any atom is -0.325 e. The molecule has 2 N–H and O–H groups in total. The summed E-state index contributed by atoms with van der Waals surface area (Å²) < 4.78 is 32.0. The molecular formula is C24H22F2N6OS. The van der Waals surface area contributed by atoms with Crippen molar-refractivity contribution in [3.63, 3.8) is 0 Å². The minimum atomic E-state index is -0.944. The van der Waals surface area contributed by atoms with Crippen LogP contribution in [0, 0.1) is 18.6 Å². The number of halogens is 2. The van der Waals surface area contributed by atoms with Gasteiger partial charge in [-0.15, -0.1) is 0 Å². The molecule has 0 amide bonds. The lowest BCUT2D eigenvalue weighted by molar-refractivity contribution is 0.103. The molecule has 7 nitrogen and oxygen atoms in total. The van der Waals surface area contributed by atoms with E-state index in [9.17, 15) is 9.18 Å². The Morgan fingerprint density at radius 1 is 1.24 bits per heavy atom. The lowest BCUT2D eigenvalue weighted by atomic mass is 10.0. The maximum absolute atomic E-state index is 15.1.